The highest BCUT2D eigenvalue weighted by molar-refractivity contribution is 6.30. The van der Waals surface area contributed by atoms with Crippen LogP contribution in [-0.4, -0.2) is 14.9 Å². The molecule has 0 aliphatic carbocycles. The Hall–Kier alpha value is -1.89. The first kappa shape index (κ1) is 10.6. The number of hydrogen-bond acceptors (Lipinski definition) is 4. The summed E-state index contributed by atoms with van der Waals surface area (Å²) in [6.07, 6.45) is 0. The molecule has 8 heteroatoms. The van der Waals surface area contributed by atoms with E-state index in [0.29, 0.717) is 0 Å². The molecule has 2 aromatic rings. The number of aromatic nitrogens is 3. The molecule has 84 valence electrons. The van der Waals surface area contributed by atoms with Gasteiger partial charge in [0.1, 0.15) is 11.6 Å². The molecule has 0 saturated heterocycles. The van der Waals surface area contributed by atoms with E-state index in [1.165, 1.54) is 0 Å². The average molecular weight is 246 g/mol. The van der Waals surface area contributed by atoms with Gasteiger partial charge in [-0.25, -0.2) is 13.5 Å². The number of rotatable bonds is 1. The standard InChI is InChI=1S/C8H6ClF2N5/c9-4-2-5(10)3(1-6(4)11)7-14-15-8(12)16(7)13/h1-2H,13H2,(H2,12,15). The normalized spacial score (nSPS) is 10.7. The van der Waals surface area contributed by atoms with Crippen molar-refractivity contribution in [2.75, 3.05) is 11.6 Å². The van der Waals surface area contributed by atoms with E-state index in [1.54, 1.807) is 0 Å². The lowest BCUT2D eigenvalue weighted by Gasteiger charge is -2.04. The lowest BCUT2D eigenvalue weighted by atomic mass is 10.2. The molecule has 0 aliphatic rings. The van der Waals surface area contributed by atoms with Gasteiger partial charge in [0, 0.05) is 0 Å². The van der Waals surface area contributed by atoms with Crippen LogP contribution in [0.5, 0.6) is 0 Å². The van der Waals surface area contributed by atoms with Gasteiger partial charge in [0.15, 0.2) is 5.82 Å². The number of hydrogen-bond donors (Lipinski definition) is 2. The highest BCUT2D eigenvalue weighted by atomic mass is 35.5. The minimum atomic E-state index is -0.778. The molecular formula is C8H6ClF2N5. The third-order valence-electron chi connectivity index (χ3n) is 1.97. The fourth-order valence-corrected chi connectivity index (χ4v) is 1.33. The van der Waals surface area contributed by atoms with Crippen LogP contribution in [-0.2, 0) is 0 Å². The minimum absolute atomic E-state index is 0.0782. The third kappa shape index (κ3) is 1.54. The van der Waals surface area contributed by atoms with E-state index in [1.807, 2.05) is 0 Å². The molecular weight excluding hydrogens is 240 g/mol. The van der Waals surface area contributed by atoms with Crippen molar-refractivity contribution in [3.8, 4) is 11.4 Å². The minimum Gasteiger partial charge on any atom is -0.366 e. The first-order valence-corrected chi connectivity index (χ1v) is 4.49. The lowest BCUT2D eigenvalue weighted by molar-refractivity contribution is 0.602. The van der Waals surface area contributed by atoms with Gasteiger partial charge in [-0.1, -0.05) is 11.6 Å². The van der Waals surface area contributed by atoms with Crippen molar-refractivity contribution in [1.82, 2.24) is 14.9 Å². The Kier molecular flexibility index (Phi) is 2.39. The SMILES string of the molecule is Nc1nnc(-c2cc(F)c(Cl)cc2F)n1N. The molecule has 0 aliphatic heterocycles. The lowest BCUT2D eigenvalue weighted by Crippen LogP contribution is -2.13. The summed E-state index contributed by atoms with van der Waals surface area (Å²) in [6.45, 7) is 0. The fourth-order valence-electron chi connectivity index (χ4n) is 1.18. The molecule has 2 rings (SSSR count). The maximum absolute atomic E-state index is 13.5. The molecule has 0 fully saturated rings. The van der Waals surface area contributed by atoms with Crippen molar-refractivity contribution in [3.63, 3.8) is 0 Å². The zero-order chi connectivity index (χ0) is 11.9. The second-order valence-corrected chi connectivity index (χ2v) is 3.41. The van der Waals surface area contributed by atoms with Gasteiger partial charge in [-0.15, -0.1) is 10.2 Å². The van der Waals surface area contributed by atoms with Crippen LogP contribution in [0.4, 0.5) is 14.7 Å². The van der Waals surface area contributed by atoms with Crippen LogP contribution >= 0.6 is 11.6 Å². The first-order chi connectivity index (χ1) is 7.50. The Morgan fingerprint density at radius 3 is 2.44 bits per heavy atom. The summed E-state index contributed by atoms with van der Waals surface area (Å²) in [6, 6.07) is 1.71. The predicted molar refractivity (Wildman–Crippen MR) is 54.9 cm³/mol. The van der Waals surface area contributed by atoms with Crippen molar-refractivity contribution in [3.05, 3.63) is 28.8 Å². The third-order valence-corrected chi connectivity index (χ3v) is 2.26. The van der Waals surface area contributed by atoms with Gasteiger partial charge >= 0.3 is 0 Å². The van der Waals surface area contributed by atoms with Gasteiger partial charge in [-0.3, -0.25) is 0 Å². The van der Waals surface area contributed by atoms with E-state index in [4.69, 9.17) is 23.2 Å². The zero-order valence-electron chi connectivity index (χ0n) is 7.78. The van der Waals surface area contributed by atoms with E-state index in [2.05, 4.69) is 10.2 Å². The molecule has 1 aromatic carbocycles. The first-order valence-electron chi connectivity index (χ1n) is 4.11. The molecule has 0 saturated carbocycles. The van der Waals surface area contributed by atoms with E-state index in [0.717, 1.165) is 16.8 Å². The summed E-state index contributed by atoms with van der Waals surface area (Å²) < 4.78 is 27.5. The molecule has 5 nitrogen and oxygen atoms in total. The number of anilines is 1. The van der Waals surface area contributed by atoms with Crippen molar-refractivity contribution >= 4 is 17.5 Å². The molecule has 16 heavy (non-hydrogen) atoms. The highest BCUT2D eigenvalue weighted by Crippen LogP contribution is 2.26. The molecule has 0 amide bonds. The quantitative estimate of drug-likeness (QED) is 0.584. The van der Waals surface area contributed by atoms with Gasteiger partial charge in [0.25, 0.3) is 0 Å². The monoisotopic (exact) mass is 245 g/mol. The number of halogens is 3. The zero-order valence-corrected chi connectivity index (χ0v) is 8.54. The molecule has 0 atom stereocenters. The Morgan fingerprint density at radius 1 is 1.19 bits per heavy atom. The molecule has 1 heterocycles. The van der Waals surface area contributed by atoms with E-state index < -0.39 is 11.6 Å². The summed E-state index contributed by atoms with van der Waals surface area (Å²) in [5.74, 6) is 3.71. The summed E-state index contributed by atoms with van der Waals surface area (Å²) in [5, 5.41) is 6.64. The summed E-state index contributed by atoms with van der Waals surface area (Å²) in [7, 11) is 0. The van der Waals surface area contributed by atoms with Crippen LogP contribution in [0.3, 0.4) is 0 Å². The topological polar surface area (TPSA) is 82.8 Å². The second kappa shape index (κ2) is 3.60. The summed E-state index contributed by atoms with van der Waals surface area (Å²) in [4.78, 5) is 0. The van der Waals surface area contributed by atoms with Crippen LogP contribution in [0, 0.1) is 11.6 Å². The van der Waals surface area contributed by atoms with Crippen LogP contribution in [0.15, 0.2) is 12.1 Å². The van der Waals surface area contributed by atoms with E-state index in [-0.39, 0.29) is 22.4 Å². The summed E-state index contributed by atoms with van der Waals surface area (Å²) >= 11 is 5.40. The molecule has 1 aromatic heterocycles. The number of nitrogens with two attached hydrogens (primary N) is 2. The van der Waals surface area contributed by atoms with Crippen molar-refractivity contribution < 1.29 is 8.78 Å². The molecule has 0 unspecified atom stereocenters. The number of nitrogens with zero attached hydrogens (tertiary/aromatic N) is 3. The Bertz CT molecular complexity index is 554. The Labute approximate surface area is 93.6 Å². The molecule has 0 bridgehead atoms. The van der Waals surface area contributed by atoms with Gasteiger partial charge in [-0.05, 0) is 12.1 Å². The van der Waals surface area contributed by atoms with Crippen molar-refractivity contribution in [1.29, 1.82) is 0 Å². The largest absolute Gasteiger partial charge is 0.366 e. The van der Waals surface area contributed by atoms with Crippen LogP contribution in [0.1, 0.15) is 0 Å². The van der Waals surface area contributed by atoms with Gasteiger partial charge < -0.3 is 11.6 Å². The maximum Gasteiger partial charge on any atom is 0.241 e. The van der Waals surface area contributed by atoms with Crippen LogP contribution < -0.4 is 11.6 Å². The summed E-state index contributed by atoms with van der Waals surface area (Å²) in [5.41, 5.74) is 5.16. The van der Waals surface area contributed by atoms with Crippen LogP contribution in [0.25, 0.3) is 11.4 Å². The molecule has 4 N–H and O–H groups in total. The smallest absolute Gasteiger partial charge is 0.241 e. The number of benzene rings is 1. The average Bonchev–Trinajstić information content (AvgIpc) is 2.54. The van der Waals surface area contributed by atoms with E-state index in [9.17, 15) is 8.78 Å². The fraction of sp³-hybridized carbons (Fsp3) is 0. The van der Waals surface area contributed by atoms with Gasteiger partial charge in [0.2, 0.25) is 5.95 Å². The maximum atomic E-state index is 13.5. The highest BCUT2D eigenvalue weighted by Gasteiger charge is 2.16. The Balaban J connectivity index is 2.65. The van der Waals surface area contributed by atoms with E-state index >= 15 is 0 Å². The van der Waals surface area contributed by atoms with Gasteiger partial charge in [-0.2, -0.15) is 0 Å². The van der Waals surface area contributed by atoms with Gasteiger partial charge in [0.05, 0.1) is 10.6 Å². The van der Waals surface area contributed by atoms with Crippen LogP contribution in [0.2, 0.25) is 5.02 Å². The Morgan fingerprint density at radius 2 is 1.88 bits per heavy atom. The van der Waals surface area contributed by atoms with Crippen molar-refractivity contribution in [2.24, 2.45) is 0 Å². The second-order valence-electron chi connectivity index (χ2n) is 3.00. The van der Waals surface area contributed by atoms with Crippen molar-refractivity contribution in [2.45, 2.75) is 0 Å². The molecule has 0 spiro atoms. The number of nitrogen functional groups attached to an aromatic ring is 2. The predicted octanol–water partition coefficient (Wildman–Crippen LogP) is 1.17. The molecule has 0 radical (unpaired) electrons.